The summed E-state index contributed by atoms with van der Waals surface area (Å²) in [6.45, 7) is 0.641. The van der Waals surface area contributed by atoms with Gasteiger partial charge in [0.15, 0.2) is 10.8 Å². The molecule has 0 saturated carbocycles. The van der Waals surface area contributed by atoms with E-state index in [-0.39, 0.29) is 60.5 Å². The predicted octanol–water partition coefficient (Wildman–Crippen LogP) is 2.98. The standard InChI is InChI=1S/C26H26ClF3N6O5S/c1-2-41-25(39)18-15(10-34-7-8-36-16(21(34)24(37)38)11-35(26(36)40)12-17(29)30)32-22(23-31-6-9-42-23)33-20(18)13-4-3-5-14(28)19(13)27/h3-6,9,16-17,20-21H,2,7-8,10-12H2,1H3,(H,32,33)(H,37,38)/t16-,20+,21+/m1/s1. The molecule has 1 aromatic carbocycles. The third-order valence-electron chi connectivity index (χ3n) is 7.21. The fraction of sp³-hybridized carbons (Fsp3) is 0.423. The molecule has 11 nitrogen and oxygen atoms in total. The lowest BCUT2D eigenvalue weighted by Gasteiger charge is -2.42. The maximum atomic E-state index is 14.6. The lowest BCUT2D eigenvalue weighted by molar-refractivity contribution is -0.147. The number of carboxylic acid groups (broad SMARTS) is 1. The molecule has 3 aliphatic rings. The van der Waals surface area contributed by atoms with E-state index in [9.17, 15) is 32.7 Å². The van der Waals surface area contributed by atoms with E-state index in [4.69, 9.17) is 16.3 Å². The number of aliphatic imine (C=N–C) groups is 1. The molecule has 5 rings (SSSR count). The van der Waals surface area contributed by atoms with Crippen molar-refractivity contribution in [2.45, 2.75) is 31.5 Å². The van der Waals surface area contributed by atoms with Gasteiger partial charge in [-0.1, -0.05) is 23.7 Å². The lowest BCUT2D eigenvalue weighted by atomic mass is 9.94. The number of carbonyl (C=O) groups excluding carboxylic acids is 2. The van der Waals surface area contributed by atoms with Crippen LogP contribution < -0.4 is 5.32 Å². The number of carbonyl (C=O) groups is 3. The molecule has 2 amide bonds. The summed E-state index contributed by atoms with van der Waals surface area (Å²) in [4.78, 5) is 51.4. The monoisotopic (exact) mass is 626 g/mol. The van der Waals surface area contributed by atoms with Crippen LogP contribution in [-0.2, 0) is 14.3 Å². The van der Waals surface area contributed by atoms with Crippen LogP contribution in [-0.4, -0.2) is 106 Å². The first kappa shape index (κ1) is 29.8. The Labute approximate surface area is 247 Å². The van der Waals surface area contributed by atoms with Gasteiger partial charge in [-0.05, 0) is 13.0 Å². The Morgan fingerprint density at radius 2 is 2.10 bits per heavy atom. The van der Waals surface area contributed by atoms with E-state index in [1.165, 1.54) is 34.4 Å². The van der Waals surface area contributed by atoms with Crippen LogP contribution >= 0.6 is 22.9 Å². The number of amidine groups is 1. The number of ether oxygens (including phenoxy) is 1. The first-order chi connectivity index (χ1) is 20.1. The predicted molar refractivity (Wildman–Crippen MR) is 146 cm³/mol. The topological polar surface area (TPSA) is 128 Å². The minimum Gasteiger partial charge on any atom is -0.480 e. The van der Waals surface area contributed by atoms with E-state index in [1.807, 2.05) is 0 Å². The molecule has 0 aliphatic carbocycles. The number of aliphatic carboxylic acids is 1. The second kappa shape index (κ2) is 12.3. The van der Waals surface area contributed by atoms with E-state index in [0.717, 1.165) is 4.90 Å². The van der Waals surface area contributed by atoms with Crippen LogP contribution in [0.15, 0.2) is 46.0 Å². The van der Waals surface area contributed by atoms with Crippen molar-refractivity contribution in [3.8, 4) is 0 Å². The second-order valence-electron chi connectivity index (χ2n) is 9.69. The Morgan fingerprint density at radius 1 is 1.31 bits per heavy atom. The molecule has 0 radical (unpaired) electrons. The number of nitrogens with one attached hydrogen (secondary N) is 1. The van der Waals surface area contributed by atoms with Crippen LogP contribution in [0.5, 0.6) is 0 Å². The summed E-state index contributed by atoms with van der Waals surface area (Å²) >= 11 is 7.60. The largest absolute Gasteiger partial charge is 0.480 e. The Morgan fingerprint density at radius 3 is 2.76 bits per heavy atom. The van der Waals surface area contributed by atoms with Crippen molar-refractivity contribution in [3.63, 3.8) is 0 Å². The molecule has 42 heavy (non-hydrogen) atoms. The van der Waals surface area contributed by atoms with Crippen molar-refractivity contribution in [1.29, 1.82) is 0 Å². The summed E-state index contributed by atoms with van der Waals surface area (Å²) in [5.74, 6) is -2.49. The Bertz CT molecular complexity index is 1440. The Kier molecular flexibility index (Phi) is 8.70. The number of hydrogen-bond acceptors (Lipinski definition) is 9. The summed E-state index contributed by atoms with van der Waals surface area (Å²) in [5.41, 5.74) is 0.418. The van der Waals surface area contributed by atoms with Crippen molar-refractivity contribution in [2.24, 2.45) is 4.99 Å². The van der Waals surface area contributed by atoms with Gasteiger partial charge in [0.2, 0.25) is 0 Å². The van der Waals surface area contributed by atoms with Gasteiger partial charge in [0.25, 0.3) is 6.43 Å². The van der Waals surface area contributed by atoms with Crippen LogP contribution in [0.4, 0.5) is 18.0 Å². The summed E-state index contributed by atoms with van der Waals surface area (Å²) in [7, 11) is 0. The van der Waals surface area contributed by atoms with E-state index in [1.54, 1.807) is 23.4 Å². The number of alkyl halides is 2. The molecule has 2 fully saturated rings. The zero-order valence-electron chi connectivity index (χ0n) is 22.2. The molecule has 2 saturated heterocycles. The van der Waals surface area contributed by atoms with Gasteiger partial charge in [-0.2, -0.15) is 0 Å². The van der Waals surface area contributed by atoms with Crippen LogP contribution in [0.3, 0.4) is 0 Å². The van der Waals surface area contributed by atoms with E-state index in [2.05, 4.69) is 15.3 Å². The van der Waals surface area contributed by atoms with E-state index >= 15 is 0 Å². The van der Waals surface area contributed by atoms with E-state index in [0.29, 0.717) is 5.01 Å². The minimum atomic E-state index is -2.77. The van der Waals surface area contributed by atoms with Gasteiger partial charge in [-0.25, -0.2) is 27.7 Å². The summed E-state index contributed by atoms with van der Waals surface area (Å²) in [6.07, 6.45) is -1.21. The normalized spacial score (nSPS) is 22.8. The van der Waals surface area contributed by atoms with Crippen molar-refractivity contribution in [3.05, 3.63) is 62.5 Å². The number of esters is 1. The number of aromatic nitrogens is 1. The molecule has 3 atom stereocenters. The number of hydrogen-bond donors (Lipinski definition) is 2. The molecule has 0 bridgehead atoms. The number of amides is 2. The average molecular weight is 627 g/mol. The fourth-order valence-electron chi connectivity index (χ4n) is 5.47. The summed E-state index contributed by atoms with van der Waals surface area (Å²) in [6, 6.07) is 0.182. The number of thiazole rings is 1. The van der Waals surface area contributed by atoms with E-state index < -0.39 is 54.9 Å². The summed E-state index contributed by atoms with van der Waals surface area (Å²) in [5, 5.41) is 15.3. The molecule has 2 N–H and O–H groups in total. The molecule has 1 aromatic heterocycles. The minimum absolute atomic E-state index is 0.00181. The van der Waals surface area contributed by atoms with Gasteiger partial charge >= 0.3 is 18.0 Å². The van der Waals surface area contributed by atoms with Gasteiger partial charge in [0.1, 0.15) is 17.9 Å². The number of halogens is 4. The number of fused-ring (bicyclic) bond motifs is 1. The van der Waals surface area contributed by atoms with Crippen LogP contribution in [0.1, 0.15) is 23.5 Å². The Balaban J connectivity index is 1.57. The second-order valence-corrected chi connectivity index (χ2v) is 11.0. The first-order valence-corrected chi connectivity index (χ1v) is 14.3. The SMILES string of the molecule is CCOC(=O)C1=C(CN2CCN3C(=O)N(CC(F)F)C[C@@H]3[C@H]2C(=O)O)NC(c2nccs2)=N[C@H]1c1cccc(F)c1Cl. The van der Waals surface area contributed by atoms with Crippen LogP contribution in [0.2, 0.25) is 5.02 Å². The van der Waals surface area contributed by atoms with Crippen LogP contribution in [0.25, 0.3) is 0 Å². The third kappa shape index (κ3) is 5.68. The summed E-state index contributed by atoms with van der Waals surface area (Å²) < 4.78 is 46.1. The maximum absolute atomic E-state index is 14.6. The van der Waals surface area contributed by atoms with Crippen molar-refractivity contribution >= 4 is 46.7 Å². The van der Waals surface area contributed by atoms with Crippen molar-refractivity contribution in [1.82, 2.24) is 25.0 Å². The highest BCUT2D eigenvalue weighted by Crippen LogP contribution is 2.38. The molecule has 16 heteroatoms. The lowest BCUT2D eigenvalue weighted by Crippen LogP contribution is -2.62. The molecule has 0 unspecified atom stereocenters. The number of carboxylic acids is 1. The first-order valence-electron chi connectivity index (χ1n) is 13.0. The molecule has 2 aromatic rings. The number of piperazine rings is 1. The van der Waals surface area contributed by atoms with Gasteiger partial charge in [0.05, 0.1) is 29.8 Å². The number of benzene rings is 1. The molecule has 3 aliphatic heterocycles. The quantitative estimate of drug-likeness (QED) is 0.407. The van der Waals surface area contributed by atoms with Gasteiger partial charge in [0, 0.05) is 49.0 Å². The molecule has 4 heterocycles. The molecular formula is C26H26ClF3N6O5S. The van der Waals surface area contributed by atoms with Crippen LogP contribution in [0, 0.1) is 5.82 Å². The number of rotatable bonds is 9. The number of urea groups is 1. The molecule has 0 spiro atoms. The van der Waals surface area contributed by atoms with Gasteiger partial charge in [-0.3, -0.25) is 14.7 Å². The van der Waals surface area contributed by atoms with Crippen molar-refractivity contribution < 1.29 is 37.4 Å². The number of nitrogens with zero attached hydrogens (tertiary/aromatic N) is 5. The highest BCUT2D eigenvalue weighted by atomic mass is 35.5. The molecule has 224 valence electrons. The highest BCUT2D eigenvalue weighted by Gasteiger charge is 2.50. The fourth-order valence-corrected chi connectivity index (χ4v) is 6.29. The van der Waals surface area contributed by atoms with Gasteiger partial charge in [-0.15, -0.1) is 11.3 Å². The molecular weight excluding hydrogens is 601 g/mol. The zero-order chi connectivity index (χ0) is 30.1. The van der Waals surface area contributed by atoms with Gasteiger partial charge < -0.3 is 25.0 Å². The third-order valence-corrected chi connectivity index (χ3v) is 8.39. The Hall–Kier alpha value is -3.69. The zero-order valence-corrected chi connectivity index (χ0v) is 23.7. The maximum Gasteiger partial charge on any atom is 0.338 e. The highest BCUT2D eigenvalue weighted by molar-refractivity contribution is 7.11. The van der Waals surface area contributed by atoms with Crippen molar-refractivity contribution in [2.75, 3.05) is 39.3 Å². The average Bonchev–Trinajstić information content (AvgIpc) is 3.58. The smallest absolute Gasteiger partial charge is 0.338 e.